The number of piperazine rings is 1. The molecular weight excluding hydrogens is 437 g/mol. The van der Waals surface area contributed by atoms with Crippen LogP contribution >= 0.6 is 0 Å². The molecule has 18 heteroatoms. The van der Waals surface area contributed by atoms with Gasteiger partial charge in [-0.15, -0.1) is 4.90 Å². The monoisotopic (exact) mass is 440 g/mol. The second kappa shape index (κ2) is 5.54. The van der Waals surface area contributed by atoms with E-state index in [4.69, 9.17) is 0 Å². The van der Waals surface area contributed by atoms with Crippen LogP contribution < -0.4 is 0 Å². The number of alkyl halides is 14. The van der Waals surface area contributed by atoms with E-state index in [1.807, 2.05) is 0 Å². The Kier molecular flexibility index (Phi) is 4.84. The summed E-state index contributed by atoms with van der Waals surface area (Å²) in [6.07, 6.45) is -7.61. The Balaban J connectivity index is 3.96. The number of rotatable bonds is 3. The first kappa shape index (κ1) is 23.6. The Morgan fingerprint density at radius 3 is 1.22 bits per heavy atom. The van der Waals surface area contributed by atoms with Crippen molar-refractivity contribution in [2.24, 2.45) is 0 Å². The number of halogens is 15. The third kappa shape index (κ3) is 2.51. The van der Waals surface area contributed by atoms with E-state index >= 15 is 0 Å². The lowest BCUT2D eigenvalue weighted by Crippen LogP contribution is -2.85. The highest BCUT2D eigenvalue weighted by molar-refractivity contribution is 5.81. The lowest BCUT2D eigenvalue weighted by Gasteiger charge is -2.54. The summed E-state index contributed by atoms with van der Waals surface area (Å²) in [5.74, 6) is 0. The summed E-state index contributed by atoms with van der Waals surface area (Å²) in [6.45, 7) is 0. The van der Waals surface area contributed by atoms with Gasteiger partial charge in [0.1, 0.15) is 0 Å². The maximum Gasteiger partial charge on any atom is 0.440 e. The highest BCUT2D eigenvalue weighted by atomic mass is 19.4. The van der Waals surface area contributed by atoms with Crippen LogP contribution in [0.4, 0.5) is 65.9 Å². The van der Waals surface area contributed by atoms with Crippen molar-refractivity contribution in [3.05, 3.63) is 0 Å². The number of nitrogens with zero attached hydrogens (tertiary/aromatic N) is 2. The van der Waals surface area contributed by atoms with Crippen molar-refractivity contribution < 1.29 is 70.7 Å². The van der Waals surface area contributed by atoms with Crippen LogP contribution in [-0.2, 0) is 4.79 Å². The van der Waals surface area contributed by atoms with E-state index in [9.17, 15) is 70.7 Å². The van der Waals surface area contributed by atoms with Crippen molar-refractivity contribution in [2.75, 3.05) is 7.05 Å². The molecule has 1 aliphatic rings. The molecule has 0 amide bonds. The van der Waals surface area contributed by atoms with Gasteiger partial charge in [-0.3, -0.25) is 4.79 Å². The largest absolute Gasteiger partial charge is 0.440 e. The molecule has 0 saturated carbocycles. The summed E-state index contributed by atoms with van der Waals surface area (Å²) in [5, 5.41) is 0. The SMILES string of the molecule is CN1C(F)(F)C(F)(F)N(C(F)(F)C(F)(C(=O)F)C(F)(F)F)C(F)(F)C1(F)F. The van der Waals surface area contributed by atoms with Crippen LogP contribution in [0.25, 0.3) is 0 Å². The molecule has 1 atom stereocenters. The van der Waals surface area contributed by atoms with Crippen molar-refractivity contribution in [3.63, 3.8) is 0 Å². The summed E-state index contributed by atoms with van der Waals surface area (Å²) in [6, 6.07) is -41.2. The van der Waals surface area contributed by atoms with Gasteiger partial charge in [0.05, 0.1) is 0 Å². The molecule has 0 aromatic heterocycles. The van der Waals surface area contributed by atoms with Gasteiger partial charge >= 0.3 is 48.1 Å². The van der Waals surface area contributed by atoms with Gasteiger partial charge in [0.2, 0.25) is 0 Å². The van der Waals surface area contributed by atoms with E-state index in [0.717, 1.165) is 0 Å². The lowest BCUT2D eigenvalue weighted by molar-refractivity contribution is -0.545. The van der Waals surface area contributed by atoms with Gasteiger partial charge in [0.25, 0.3) is 0 Å². The average molecular weight is 440 g/mol. The van der Waals surface area contributed by atoms with Gasteiger partial charge in [-0.2, -0.15) is 66.4 Å². The number of hydrogen-bond donors (Lipinski definition) is 0. The molecule has 160 valence electrons. The van der Waals surface area contributed by atoms with Gasteiger partial charge < -0.3 is 0 Å². The van der Waals surface area contributed by atoms with Crippen molar-refractivity contribution in [2.45, 2.75) is 42.1 Å². The minimum absolute atomic E-state index is 0.843. The standard InChI is InChI=1S/C9H3F15N2O/c1-25-6(17,18)8(21,22)26(9(23,24)7(25,19)20)5(15,16)3(11,2(10)27)4(12,13)14/h1H3. The topological polar surface area (TPSA) is 23.6 Å². The fourth-order valence-electron chi connectivity index (χ4n) is 1.93. The normalized spacial score (nSPS) is 27.9. The Morgan fingerprint density at radius 2 is 1.00 bits per heavy atom. The first-order valence-corrected chi connectivity index (χ1v) is 5.85. The Bertz CT molecular complexity index is 599. The minimum Gasteiger partial charge on any atom is -0.257 e. The third-order valence-corrected chi connectivity index (χ3v) is 3.48. The van der Waals surface area contributed by atoms with E-state index in [1.165, 1.54) is 0 Å². The Hall–Kier alpha value is -1.46. The predicted molar refractivity (Wildman–Crippen MR) is 50.3 cm³/mol. The van der Waals surface area contributed by atoms with Crippen molar-refractivity contribution in [1.82, 2.24) is 9.80 Å². The van der Waals surface area contributed by atoms with E-state index in [0.29, 0.717) is 0 Å². The van der Waals surface area contributed by atoms with Crippen molar-refractivity contribution in [1.29, 1.82) is 0 Å². The van der Waals surface area contributed by atoms with E-state index in [2.05, 4.69) is 0 Å². The second-order valence-electron chi connectivity index (χ2n) is 5.03. The summed E-state index contributed by atoms with van der Waals surface area (Å²) >= 11 is 0. The number of hydrogen-bond acceptors (Lipinski definition) is 3. The van der Waals surface area contributed by atoms with Crippen molar-refractivity contribution >= 4 is 6.04 Å². The zero-order chi connectivity index (χ0) is 22.2. The number of likely N-dealkylation sites (N-methyl/N-ethyl adjacent to an activating group) is 1. The highest BCUT2D eigenvalue weighted by Gasteiger charge is 2.93. The molecule has 0 N–H and O–H groups in total. The van der Waals surface area contributed by atoms with Crippen LogP contribution in [0.1, 0.15) is 0 Å². The maximum atomic E-state index is 13.6. The molecule has 1 fully saturated rings. The second-order valence-corrected chi connectivity index (χ2v) is 5.03. The van der Waals surface area contributed by atoms with Crippen LogP contribution in [0, 0.1) is 0 Å². The summed E-state index contributed by atoms with van der Waals surface area (Å²) in [5.41, 5.74) is -7.63. The fraction of sp³-hybridized carbons (Fsp3) is 0.889. The van der Waals surface area contributed by atoms with Crippen molar-refractivity contribution in [3.8, 4) is 0 Å². The summed E-state index contributed by atoms with van der Waals surface area (Å²) in [7, 11) is -0.843. The highest BCUT2D eigenvalue weighted by Crippen LogP contribution is 2.62. The van der Waals surface area contributed by atoms with E-state index < -0.39 is 65.0 Å². The zero-order valence-corrected chi connectivity index (χ0v) is 12.0. The molecule has 3 nitrogen and oxygen atoms in total. The summed E-state index contributed by atoms with van der Waals surface area (Å²) in [4.78, 5) is 3.45. The molecule has 1 saturated heterocycles. The van der Waals surface area contributed by atoms with Gasteiger partial charge in [-0.1, -0.05) is 0 Å². The molecule has 0 bridgehead atoms. The number of carbonyl (C=O) groups is 1. The molecule has 0 radical (unpaired) electrons. The smallest absolute Gasteiger partial charge is 0.257 e. The molecule has 1 heterocycles. The van der Waals surface area contributed by atoms with Crippen LogP contribution in [0.5, 0.6) is 0 Å². The zero-order valence-electron chi connectivity index (χ0n) is 12.0. The Labute approximate surface area is 137 Å². The third-order valence-electron chi connectivity index (χ3n) is 3.48. The van der Waals surface area contributed by atoms with E-state index in [1.54, 1.807) is 0 Å². The van der Waals surface area contributed by atoms with E-state index in [-0.39, 0.29) is 0 Å². The molecule has 27 heavy (non-hydrogen) atoms. The predicted octanol–water partition coefficient (Wildman–Crippen LogP) is 3.96. The molecule has 1 aliphatic heterocycles. The first-order valence-electron chi connectivity index (χ1n) is 5.85. The van der Waals surface area contributed by atoms with Gasteiger partial charge in [-0.05, 0) is 7.05 Å². The van der Waals surface area contributed by atoms with Crippen LogP contribution in [0.3, 0.4) is 0 Å². The molecule has 0 aromatic rings. The van der Waals surface area contributed by atoms with Crippen LogP contribution in [0.2, 0.25) is 0 Å². The van der Waals surface area contributed by atoms with Gasteiger partial charge in [0, 0.05) is 0 Å². The Morgan fingerprint density at radius 1 is 0.704 bits per heavy atom. The summed E-state index contributed by atoms with van der Waals surface area (Å²) < 4.78 is 197. The van der Waals surface area contributed by atoms with Gasteiger partial charge in [0.15, 0.2) is 0 Å². The molecule has 0 aromatic carbocycles. The average Bonchev–Trinajstić information content (AvgIpc) is 2.41. The maximum absolute atomic E-state index is 13.6. The number of carbonyl (C=O) groups excluding carboxylic acids is 1. The molecule has 1 unspecified atom stereocenters. The molecule has 0 aliphatic carbocycles. The molecule has 1 rings (SSSR count). The molecule has 0 spiro atoms. The quantitative estimate of drug-likeness (QED) is 0.377. The van der Waals surface area contributed by atoms with Gasteiger partial charge in [-0.25, -0.2) is 4.39 Å². The minimum atomic E-state index is -7.97. The molecular formula is C9H3F15N2O. The first-order chi connectivity index (χ1) is 11.5. The fourth-order valence-corrected chi connectivity index (χ4v) is 1.93. The lowest BCUT2D eigenvalue weighted by atomic mass is 9.99. The van der Waals surface area contributed by atoms with Crippen LogP contribution in [-0.4, -0.2) is 65.0 Å². The van der Waals surface area contributed by atoms with Crippen LogP contribution in [0.15, 0.2) is 0 Å².